The highest BCUT2D eigenvalue weighted by molar-refractivity contribution is 6.00. The van der Waals surface area contributed by atoms with Crippen LogP contribution >= 0.6 is 0 Å². The summed E-state index contributed by atoms with van der Waals surface area (Å²) in [5, 5.41) is 6.98. The molecule has 3 aromatic heterocycles. The predicted molar refractivity (Wildman–Crippen MR) is 137 cm³/mol. The van der Waals surface area contributed by atoms with E-state index in [9.17, 15) is 4.79 Å². The zero-order valence-corrected chi connectivity index (χ0v) is 19.7. The van der Waals surface area contributed by atoms with E-state index in [0.29, 0.717) is 18.0 Å². The third-order valence-corrected chi connectivity index (χ3v) is 5.34. The molecule has 8 heteroatoms. The number of fused-ring (bicyclic) bond motifs is 1. The van der Waals surface area contributed by atoms with E-state index in [4.69, 9.17) is 4.74 Å². The lowest BCUT2D eigenvalue weighted by Crippen LogP contribution is -2.13. The van der Waals surface area contributed by atoms with E-state index in [1.807, 2.05) is 68.8 Å². The van der Waals surface area contributed by atoms with Gasteiger partial charge in [-0.25, -0.2) is 9.97 Å². The van der Waals surface area contributed by atoms with Crippen molar-refractivity contribution in [3.05, 3.63) is 67.1 Å². The summed E-state index contributed by atoms with van der Waals surface area (Å²) in [7, 11) is 7.35. The molecule has 0 saturated heterocycles. The molecular formula is C26H28N6O2. The lowest BCUT2D eigenvalue weighted by molar-refractivity contribution is -0.111. The first-order valence-corrected chi connectivity index (χ1v) is 10.9. The minimum absolute atomic E-state index is 0.194. The maximum absolute atomic E-state index is 12.4. The number of ether oxygens (including phenoxy) is 1. The molecule has 174 valence electrons. The van der Waals surface area contributed by atoms with Gasteiger partial charge in [-0.3, -0.25) is 4.79 Å². The number of methoxy groups -OCH3 is 1. The lowest BCUT2D eigenvalue weighted by Gasteiger charge is -2.10. The number of carbonyl (C=O) groups is 1. The van der Waals surface area contributed by atoms with Gasteiger partial charge in [0, 0.05) is 66.5 Å². The first kappa shape index (κ1) is 23.0. The van der Waals surface area contributed by atoms with Gasteiger partial charge in [-0.15, -0.1) is 0 Å². The van der Waals surface area contributed by atoms with Gasteiger partial charge >= 0.3 is 0 Å². The number of nitrogens with one attached hydrogen (secondary N) is 3. The maximum atomic E-state index is 12.4. The van der Waals surface area contributed by atoms with Crippen LogP contribution in [0.3, 0.4) is 0 Å². The van der Waals surface area contributed by atoms with Gasteiger partial charge in [0.2, 0.25) is 5.91 Å². The van der Waals surface area contributed by atoms with Crippen LogP contribution in [0.1, 0.15) is 0 Å². The smallest absolute Gasteiger partial charge is 0.248 e. The summed E-state index contributed by atoms with van der Waals surface area (Å²) in [4.78, 5) is 26.5. The summed E-state index contributed by atoms with van der Waals surface area (Å²) in [6.45, 7) is 0.689. The number of hydrogen-bond acceptors (Lipinski definition) is 6. The fraction of sp³-hybridized carbons (Fsp3) is 0.192. The second-order valence-electron chi connectivity index (χ2n) is 8.11. The second-order valence-corrected chi connectivity index (χ2v) is 8.11. The Kier molecular flexibility index (Phi) is 6.89. The van der Waals surface area contributed by atoms with Gasteiger partial charge in [-0.2, -0.15) is 0 Å². The van der Waals surface area contributed by atoms with Crippen LogP contribution in [-0.2, 0) is 4.79 Å². The average Bonchev–Trinajstić information content (AvgIpc) is 3.27. The highest BCUT2D eigenvalue weighted by atomic mass is 16.5. The molecule has 0 aliphatic heterocycles. The molecule has 0 fully saturated rings. The van der Waals surface area contributed by atoms with E-state index in [1.54, 1.807) is 19.4 Å². The van der Waals surface area contributed by atoms with E-state index < -0.39 is 0 Å². The number of nitrogens with zero attached hydrogens (tertiary/aromatic N) is 3. The first-order valence-electron chi connectivity index (χ1n) is 10.9. The predicted octanol–water partition coefficient (Wildman–Crippen LogP) is 4.40. The molecule has 8 nitrogen and oxygen atoms in total. The summed E-state index contributed by atoms with van der Waals surface area (Å²) in [5.41, 5.74) is 5.31. The number of aromatic amines is 1. The number of likely N-dealkylation sites (N-methyl/N-ethyl adjacent to an activating group) is 1. The highest BCUT2D eigenvalue weighted by Gasteiger charge is 2.12. The number of rotatable bonds is 8. The van der Waals surface area contributed by atoms with Crippen LogP contribution in [-0.4, -0.2) is 60.6 Å². The quantitative estimate of drug-likeness (QED) is 0.340. The number of amides is 1. The standard InChI is InChI=1S/C26H28N6O2/c1-27-24-13-17(7-8-28-24)23-16-30-26-22(23)12-19(15-29-26)18-10-20(14-21(11-18)34-4)31-25(33)6-5-9-32(2)3/h5-8,10-16H,9H2,1-4H3,(H,27,28)(H,29,30)(H,31,33)/b6-5+. The molecule has 0 saturated carbocycles. The van der Waals surface area contributed by atoms with Crippen LogP contribution < -0.4 is 15.4 Å². The van der Waals surface area contributed by atoms with Crippen LogP contribution in [0.5, 0.6) is 5.75 Å². The number of hydrogen-bond donors (Lipinski definition) is 3. The third-order valence-electron chi connectivity index (χ3n) is 5.34. The van der Waals surface area contributed by atoms with Crippen LogP contribution in [0.4, 0.5) is 11.5 Å². The van der Waals surface area contributed by atoms with E-state index >= 15 is 0 Å². The van der Waals surface area contributed by atoms with Crippen molar-refractivity contribution in [3.63, 3.8) is 0 Å². The van der Waals surface area contributed by atoms with Crippen LogP contribution in [0.15, 0.2) is 67.1 Å². The van der Waals surface area contributed by atoms with E-state index in [0.717, 1.165) is 39.1 Å². The molecule has 0 atom stereocenters. The number of H-pyrrole nitrogens is 1. The van der Waals surface area contributed by atoms with Crippen LogP contribution in [0.25, 0.3) is 33.3 Å². The molecule has 3 N–H and O–H groups in total. The molecule has 0 aliphatic rings. The van der Waals surface area contributed by atoms with E-state index in [2.05, 4.69) is 31.7 Å². The van der Waals surface area contributed by atoms with Crippen molar-refractivity contribution >= 4 is 28.4 Å². The van der Waals surface area contributed by atoms with E-state index in [-0.39, 0.29) is 5.91 Å². The topological polar surface area (TPSA) is 95.2 Å². The summed E-state index contributed by atoms with van der Waals surface area (Å²) < 4.78 is 5.49. The van der Waals surface area contributed by atoms with Crippen molar-refractivity contribution < 1.29 is 9.53 Å². The van der Waals surface area contributed by atoms with Crippen molar-refractivity contribution in [2.45, 2.75) is 0 Å². The van der Waals surface area contributed by atoms with Crippen molar-refractivity contribution in [1.82, 2.24) is 19.9 Å². The minimum atomic E-state index is -0.194. The molecule has 0 bridgehead atoms. The van der Waals surface area contributed by atoms with Gasteiger partial charge < -0.3 is 25.3 Å². The third kappa shape index (κ3) is 5.24. The zero-order chi connectivity index (χ0) is 24.1. The van der Waals surface area contributed by atoms with E-state index in [1.165, 1.54) is 6.08 Å². The molecule has 0 radical (unpaired) electrons. The summed E-state index contributed by atoms with van der Waals surface area (Å²) >= 11 is 0. The van der Waals surface area contributed by atoms with Gasteiger partial charge in [0.25, 0.3) is 0 Å². The SMILES string of the molecule is CNc1cc(-c2c[nH]c3ncc(-c4cc(NC(=O)/C=C/CN(C)C)cc(OC)c4)cc23)ccn1. The maximum Gasteiger partial charge on any atom is 0.248 e. The van der Waals surface area contributed by atoms with Gasteiger partial charge in [-0.05, 0) is 55.6 Å². The Morgan fingerprint density at radius 2 is 1.97 bits per heavy atom. The lowest BCUT2D eigenvalue weighted by atomic mass is 10.0. The van der Waals surface area contributed by atoms with Crippen molar-refractivity contribution in [2.75, 3.05) is 45.4 Å². The van der Waals surface area contributed by atoms with Crippen molar-refractivity contribution in [2.24, 2.45) is 0 Å². The number of aromatic nitrogens is 3. The molecular weight excluding hydrogens is 428 g/mol. The van der Waals surface area contributed by atoms with Gasteiger partial charge in [-0.1, -0.05) is 6.08 Å². The molecule has 0 spiro atoms. The fourth-order valence-electron chi connectivity index (χ4n) is 3.65. The first-order chi connectivity index (χ1) is 16.5. The zero-order valence-electron chi connectivity index (χ0n) is 19.7. The molecule has 3 heterocycles. The van der Waals surface area contributed by atoms with Gasteiger partial charge in [0.05, 0.1) is 7.11 Å². The Bertz CT molecular complexity index is 1340. The van der Waals surface area contributed by atoms with Crippen molar-refractivity contribution in [1.29, 1.82) is 0 Å². The molecule has 4 rings (SSSR count). The largest absolute Gasteiger partial charge is 0.497 e. The summed E-state index contributed by atoms with van der Waals surface area (Å²) in [6, 6.07) is 11.7. The van der Waals surface area contributed by atoms with Crippen LogP contribution in [0, 0.1) is 0 Å². The fourth-order valence-corrected chi connectivity index (χ4v) is 3.65. The normalized spacial score (nSPS) is 11.3. The summed E-state index contributed by atoms with van der Waals surface area (Å²) in [5.74, 6) is 1.25. The Morgan fingerprint density at radius 3 is 2.74 bits per heavy atom. The Balaban J connectivity index is 1.69. The number of carbonyl (C=O) groups excluding carboxylic acids is 1. The molecule has 0 unspecified atom stereocenters. The highest BCUT2D eigenvalue weighted by Crippen LogP contribution is 2.34. The number of pyridine rings is 2. The monoisotopic (exact) mass is 456 g/mol. The molecule has 4 aromatic rings. The second kappa shape index (κ2) is 10.2. The minimum Gasteiger partial charge on any atom is -0.497 e. The van der Waals surface area contributed by atoms with Gasteiger partial charge in [0.15, 0.2) is 0 Å². The summed E-state index contributed by atoms with van der Waals surface area (Å²) in [6.07, 6.45) is 8.90. The Morgan fingerprint density at radius 1 is 1.12 bits per heavy atom. The number of anilines is 2. The molecule has 1 amide bonds. The Hall–Kier alpha value is -4.17. The number of benzene rings is 1. The Labute approximate surface area is 198 Å². The average molecular weight is 457 g/mol. The molecule has 0 aliphatic carbocycles. The van der Waals surface area contributed by atoms with Crippen molar-refractivity contribution in [3.8, 4) is 28.0 Å². The van der Waals surface area contributed by atoms with Crippen LogP contribution in [0.2, 0.25) is 0 Å². The molecule has 34 heavy (non-hydrogen) atoms. The van der Waals surface area contributed by atoms with Gasteiger partial charge in [0.1, 0.15) is 17.2 Å². The molecule has 1 aromatic carbocycles.